The first-order valence-corrected chi connectivity index (χ1v) is 16.0. The summed E-state index contributed by atoms with van der Waals surface area (Å²) in [6.07, 6.45) is -5.37. The van der Waals surface area contributed by atoms with Crippen molar-refractivity contribution >= 4 is 22.1 Å². The Kier molecular flexibility index (Phi) is 11.8. The van der Waals surface area contributed by atoms with Gasteiger partial charge >= 0.3 is 18.2 Å². The second kappa shape index (κ2) is 16.0. The molecule has 1 aromatic heterocycles. The molecule has 18 heteroatoms. The molecule has 0 bridgehead atoms. The Morgan fingerprint density at radius 2 is 1.67 bits per heavy atom. The lowest BCUT2D eigenvalue weighted by Gasteiger charge is -2.13. The summed E-state index contributed by atoms with van der Waals surface area (Å²) in [6.45, 7) is 1.22. The average molecular weight is 705 g/mol. The summed E-state index contributed by atoms with van der Waals surface area (Å²) in [5.74, 6) is -0.652. The normalized spacial score (nSPS) is 11.9. The highest BCUT2D eigenvalue weighted by molar-refractivity contribution is 7.90. The number of amides is 1. The van der Waals surface area contributed by atoms with E-state index in [0.29, 0.717) is 17.5 Å². The van der Waals surface area contributed by atoms with Crippen LogP contribution in [-0.2, 0) is 30.5 Å². The number of esters is 1. The van der Waals surface area contributed by atoms with Gasteiger partial charge in [0.2, 0.25) is 5.28 Å². The minimum absolute atomic E-state index is 0.132. The minimum atomic E-state index is -4.71. The number of aromatic nitrogens is 2. The predicted molar refractivity (Wildman–Crippen MR) is 166 cm³/mol. The standard InChI is InChI=1S/C31H31F3N6O8S/c1-22-10-12-23(13-11-22)27-20-28(31(32,33)34)35-39(27)25-14-16-26(17-15-25)49(44,45)36-30(42)46-19-7-6-18-38(2)40(43)37-48-21-47-29(41)24-8-4-3-5-9-24/h3-5,8-17,20H,6-7,18-19,21H2,1-2H3,(H,36,42). The van der Waals surface area contributed by atoms with Crippen molar-refractivity contribution in [3.63, 3.8) is 0 Å². The Labute approximate surface area is 278 Å². The third-order valence-corrected chi connectivity index (χ3v) is 8.07. The van der Waals surface area contributed by atoms with E-state index in [1.54, 1.807) is 59.3 Å². The van der Waals surface area contributed by atoms with Gasteiger partial charge in [-0.25, -0.2) is 27.4 Å². The maximum atomic E-state index is 13.5. The van der Waals surface area contributed by atoms with Crippen LogP contribution in [0.5, 0.6) is 0 Å². The smallest absolute Gasteiger partial charge is 0.435 e. The molecule has 1 N–H and O–H groups in total. The van der Waals surface area contributed by atoms with Gasteiger partial charge in [-0.3, -0.25) is 0 Å². The highest BCUT2D eigenvalue weighted by Gasteiger charge is 2.35. The summed E-state index contributed by atoms with van der Waals surface area (Å²) in [7, 11) is -2.98. The van der Waals surface area contributed by atoms with E-state index in [-0.39, 0.29) is 40.8 Å². The van der Waals surface area contributed by atoms with Gasteiger partial charge in [0, 0.05) is 5.56 Å². The number of carbonyl (C=O) groups excluding carboxylic acids is 2. The largest absolute Gasteiger partial charge is 0.569 e. The molecule has 0 aliphatic rings. The van der Waals surface area contributed by atoms with Crippen LogP contribution in [0.3, 0.4) is 0 Å². The topological polar surface area (TPSA) is 167 Å². The fourth-order valence-corrected chi connectivity index (χ4v) is 5.07. The first kappa shape index (κ1) is 36.2. The Hall–Kier alpha value is -5.65. The number of sulfonamides is 1. The first-order chi connectivity index (χ1) is 23.2. The summed E-state index contributed by atoms with van der Waals surface area (Å²) in [6, 6.07) is 20.6. The van der Waals surface area contributed by atoms with Crippen LogP contribution < -0.4 is 4.72 Å². The second-order valence-corrected chi connectivity index (χ2v) is 12.1. The number of unbranched alkanes of at least 4 members (excludes halogenated alkanes) is 1. The van der Waals surface area contributed by atoms with Crippen LogP contribution >= 0.6 is 0 Å². The number of hydrogen-bond acceptors (Lipinski definition) is 10. The van der Waals surface area contributed by atoms with Crippen LogP contribution in [0, 0.1) is 12.1 Å². The quantitative estimate of drug-likeness (QED) is 0.0435. The summed E-state index contributed by atoms with van der Waals surface area (Å²) in [4.78, 5) is 28.5. The number of ether oxygens (including phenoxy) is 2. The van der Waals surface area contributed by atoms with Crippen LogP contribution in [0.15, 0.2) is 95.1 Å². The molecular weight excluding hydrogens is 673 g/mol. The summed E-state index contributed by atoms with van der Waals surface area (Å²) in [5, 5.41) is 20.0. The van der Waals surface area contributed by atoms with E-state index in [0.717, 1.165) is 33.5 Å². The van der Waals surface area contributed by atoms with Gasteiger partial charge in [0.25, 0.3) is 16.8 Å². The van der Waals surface area contributed by atoms with Gasteiger partial charge in [-0.05, 0) is 62.2 Å². The summed E-state index contributed by atoms with van der Waals surface area (Å²) in [5.41, 5.74) is 0.852. The Morgan fingerprint density at radius 3 is 2.33 bits per heavy atom. The van der Waals surface area contributed by atoms with E-state index in [9.17, 15) is 36.4 Å². The highest BCUT2D eigenvalue weighted by Crippen LogP contribution is 2.33. The van der Waals surface area contributed by atoms with Gasteiger partial charge in [-0.15, -0.1) is 5.01 Å². The molecule has 1 heterocycles. The van der Waals surface area contributed by atoms with Crippen LogP contribution in [-0.4, -0.2) is 67.2 Å². The number of benzene rings is 3. The Morgan fingerprint density at radius 1 is 1.00 bits per heavy atom. The number of nitrogens with one attached hydrogen (secondary N) is 1. The summed E-state index contributed by atoms with van der Waals surface area (Å²) >= 11 is 0. The third kappa shape index (κ3) is 10.2. The molecular formula is C31H31F3N6O8S. The van der Waals surface area contributed by atoms with Crippen molar-refractivity contribution < 1.29 is 50.5 Å². The Bertz CT molecular complexity index is 1870. The summed E-state index contributed by atoms with van der Waals surface area (Å²) < 4.78 is 78.5. The van der Waals surface area contributed by atoms with Crippen molar-refractivity contribution in [3.05, 3.63) is 107 Å². The van der Waals surface area contributed by atoms with Crippen molar-refractivity contribution in [1.29, 1.82) is 0 Å². The van der Waals surface area contributed by atoms with Crippen molar-refractivity contribution in [2.24, 2.45) is 5.28 Å². The number of halogens is 3. The second-order valence-electron chi connectivity index (χ2n) is 10.4. The number of hydrogen-bond donors (Lipinski definition) is 1. The van der Waals surface area contributed by atoms with Gasteiger partial charge in [0.05, 0.1) is 47.0 Å². The van der Waals surface area contributed by atoms with Crippen LogP contribution in [0.2, 0.25) is 0 Å². The van der Waals surface area contributed by atoms with E-state index < -0.39 is 40.7 Å². The molecule has 0 spiro atoms. The number of aryl methyl sites for hydroxylation is 1. The first-order valence-electron chi connectivity index (χ1n) is 14.5. The van der Waals surface area contributed by atoms with Crippen molar-refractivity contribution in [2.45, 2.75) is 30.8 Å². The van der Waals surface area contributed by atoms with Gasteiger partial charge < -0.3 is 19.5 Å². The lowest BCUT2D eigenvalue weighted by molar-refractivity contribution is -0.706. The zero-order valence-electron chi connectivity index (χ0n) is 26.2. The molecule has 0 saturated carbocycles. The van der Waals surface area contributed by atoms with E-state index in [2.05, 4.69) is 10.4 Å². The molecule has 14 nitrogen and oxygen atoms in total. The monoisotopic (exact) mass is 704 g/mol. The molecule has 260 valence electrons. The van der Waals surface area contributed by atoms with E-state index in [4.69, 9.17) is 14.3 Å². The third-order valence-electron chi connectivity index (χ3n) is 6.74. The van der Waals surface area contributed by atoms with E-state index in [1.165, 1.54) is 19.2 Å². The lowest BCUT2D eigenvalue weighted by Crippen LogP contribution is -2.31. The van der Waals surface area contributed by atoms with Gasteiger partial charge in [-0.2, -0.15) is 18.3 Å². The number of rotatable bonds is 14. The molecule has 4 aromatic rings. The number of alkyl halides is 3. The molecule has 0 unspecified atom stereocenters. The highest BCUT2D eigenvalue weighted by atomic mass is 32.2. The predicted octanol–water partition coefficient (Wildman–Crippen LogP) is 5.62. The lowest BCUT2D eigenvalue weighted by atomic mass is 10.1. The number of hydrazine groups is 1. The van der Waals surface area contributed by atoms with Crippen molar-refractivity contribution in [1.82, 2.24) is 19.5 Å². The minimum Gasteiger partial charge on any atom is -0.569 e. The van der Waals surface area contributed by atoms with Crippen LogP contribution in [0.4, 0.5) is 18.0 Å². The average Bonchev–Trinajstić information content (AvgIpc) is 3.53. The fourth-order valence-electron chi connectivity index (χ4n) is 4.18. The molecule has 0 aliphatic heterocycles. The molecule has 0 fully saturated rings. The zero-order valence-corrected chi connectivity index (χ0v) is 27.0. The molecule has 3 aromatic carbocycles. The van der Waals surface area contributed by atoms with Gasteiger partial charge in [0.15, 0.2) is 5.69 Å². The van der Waals surface area contributed by atoms with E-state index >= 15 is 0 Å². The maximum absolute atomic E-state index is 13.5. The van der Waals surface area contributed by atoms with Crippen LogP contribution in [0.1, 0.15) is 34.5 Å². The van der Waals surface area contributed by atoms with Crippen molar-refractivity contribution in [3.8, 4) is 16.9 Å². The molecule has 0 atom stereocenters. The molecule has 0 radical (unpaired) electrons. The van der Waals surface area contributed by atoms with Gasteiger partial charge in [0.1, 0.15) is 0 Å². The SMILES string of the molecule is Cc1ccc(-c2cc(C(F)(F)F)nn2-c2ccc(S(=O)(=O)NC(=O)OCCCCN(C)[N+]([O-])=NOCOC(=O)c3ccccc3)cc2)cc1. The number of carbonyl (C=O) groups is 2. The molecule has 0 saturated heterocycles. The maximum Gasteiger partial charge on any atom is 0.435 e. The molecule has 49 heavy (non-hydrogen) atoms. The van der Waals surface area contributed by atoms with Crippen LogP contribution in [0.25, 0.3) is 16.9 Å². The van der Waals surface area contributed by atoms with E-state index in [1.807, 2.05) is 6.92 Å². The van der Waals surface area contributed by atoms with Crippen molar-refractivity contribution in [2.75, 3.05) is 27.0 Å². The molecule has 0 aliphatic carbocycles. The molecule has 1 amide bonds. The Balaban J connectivity index is 1.23. The van der Waals surface area contributed by atoms with Gasteiger partial charge in [-0.1, -0.05) is 48.0 Å². The zero-order chi connectivity index (χ0) is 35.6. The number of nitrogens with zero attached hydrogens (tertiary/aromatic N) is 5. The fraction of sp³-hybridized carbons (Fsp3) is 0.258. The molecule has 4 rings (SSSR count).